The molecule has 1 heterocycles. The molecule has 0 amide bonds. The summed E-state index contributed by atoms with van der Waals surface area (Å²) < 4.78 is 0. The van der Waals surface area contributed by atoms with Crippen LogP contribution >= 0.6 is 0 Å². The van der Waals surface area contributed by atoms with Crippen molar-refractivity contribution in [2.75, 3.05) is 6.54 Å². The molecule has 106 valence electrons. The summed E-state index contributed by atoms with van der Waals surface area (Å²) in [5.41, 5.74) is 8.97. The molecule has 2 unspecified atom stereocenters. The summed E-state index contributed by atoms with van der Waals surface area (Å²) >= 11 is 0. The third-order valence-electron chi connectivity index (χ3n) is 3.69. The molecule has 1 aromatic carbocycles. The predicted molar refractivity (Wildman–Crippen MR) is 81.5 cm³/mol. The summed E-state index contributed by atoms with van der Waals surface area (Å²) in [6.45, 7) is 4.70. The van der Waals surface area contributed by atoms with E-state index in [0.717, 1.165) is 11.1 Å². The fourth-order valence-electron chi connectivity index (χ4n) is 2.35. The van der Waals surface area contributed by atoms with Crippen LogP contribution in [0, 0.1) is 0 Å². The fraction of sp³-hybridized carbons (Fsp3) is 0.353. The van der Waals surface area contributed by atoms with Gasteiger partial charge in [-0.1, -0.05) is 44.2 Å². The minimum atomic E-state index is -0.606. The standard InChI is InChI=1S/C17H22N2O/c1-12(2)13-5-7-14(8-6-13)17(20)16(10-18)15-4-3-9-19-11-15/h3-9,11-12,16-17,20H,10,18H2,1-2H3. The van der Waals surface area contributed by atoms with Gasteiger partial charge in [-0.15, -0.1) is 0 Å². The molecule has 0 aliphatic carbocycles. The topological polar surface area (TPSA) is 59.1 Å². The van der Waals surface area contributed by atoms with Gasteiger partial charge >= 0.3 is 0 Å². The maximum Gasteiger partial charge on any atom is 0.0871 e. The normalized spacial score (nSPS) is 14.2. The summed E-state index contributed by atoms with van der Waals surface area (Å²) in [7, 11) is 0. The van der Waals surface area contributed by atoms with E-state index < -0.39 is 6.10 Å². The second kappa shape index (κ2) is 6.64. The highest BCUT2D eigenvalue weighted by molar-refractivity contribution is 5.29. The minimum absolute atomic E-state index is 0.131. The number of hydrogen-bond donors (Lipinski definition) is 2. The zero-order valence-corrected chi connectivity index (χ0v) is 12.0. The van der Waals surface area contributed by atoms with Gasteiger partial charge in [0.1, 0.15) is 0 Å². The lowest BCUT2D eigenvalue weighted by atomic mass is 9.89. The third kappa shape index (κ3) is 3.24. The third-order valence-corrected chi connectivity index (χ3v) is 3.69. The first-order chi connectivity index (χ1) is 9.63. The quantitative estimate of drug-likeness (QED) is 0.878. The molecule has 0 spiro atoms. The van der Waals surface area contributed by atoms with Gasteiger partial charge in [0.25, 0.3) is 0 Å². The molecule has 0 saturated carbocycles. The van der Waals surface area contributed by atoms with Gasteiger partial charge in [-0.25, -0.2) is 0 Å². The lowest BCUT2D eigenvalue weighted by molar-refractivity contribution is 0.147. The van der Waals surface area contributed by atoms with Crippen molar-refractivity contribution in [2.45, 2.75) is 31.8 Å². The van der Waals surface area contributed by atoms with Crippen molar-refractivity contribution in [3.05, 3.63) is 65.5 Å². The van der Waals surface area contributed by atoms with Crippen LogP contribution in [0.25, 0.3) is 0 Å². The van der Waals surface area contributed by atoms with Crippen LogP contribution in [0.5, 0.6) is 0 Å². The zero-order valence-electron chi connectivity index (χ0n) is 12.0. The number of rotatable bonds is 5. The molecule has 3 heteroatoms. The van der Waals surface area contributed by atoms with Crippen molar-refractivity contribution in [3.63, 3.8) is 0 Å². The van der Waals surface area contributed by atoms with E-state index >= 15 is 0 Å². The van der Waals surface area contributed by atoms with Crippen LogP contribution in [0.15, 0.2) is 48.8 Å². The second-order valence-electron chi connectivity index (χ2n) is 5.39. The van der Waals surface area contributed by atoms with Gasteiger partial charge in [-0.05, 0) is 28.7 Å². The van der Waals surface area contributed by atoms with Crippen molar-refractivity contribution in [2.24, 2.45) is 5.73 Å². The number of aromatic nitrogens is 1. The van der Waals surface area contributed by atoms with E-state index in [1.165, 1.54) is 5.56 Å². The Morgan fingerprint density at radius 2 is 1.70 bits per heavy atom. The minimum Gasteiger partial charge on any atom is -0.388 e. The highest BCUT2D eigenvalue weighted by atomic mass is 16.3. The molecule has 1 aromatic heterocycles. The number of nitrogens with zero attached hydrogens (tertiary/aromatic N) is 1. The Labute approximate surface area is 120 Å². The molecular formula is C17H22N2O. The van der Waals surface area contributed by atoms with E-state index in [9.17, 15) is 5.11 Å². The van der Waals surface area contributed by atoms with Crippen molar-refractivity contribution in [3.8, 4) is 0 Å². The zero-order chi connectivity index (χ0) is 14.5. The number of nitrogens with two attached hydrogens (primary N) is 1. The van der Waals surface area contributed by atoms with Crippen LogP contribution in [0.2, 0.25) is 0 Å². The summed E-state index contributed by atoms with van der Waals surface area (Å²) in [6, 6.07) is 11.9. The van der Waals surface area contributed by atoms with Crippen LogP contribution in [-0.4, -0.2) is 16.6 Å². The van der Waals surface area contributed by atoms with Crippen molar-refractivity contribution < 1.29 is 5.11 Å². The van der Waals surface area contributed by atoms with Gasteiger partial charge < -0.3 is 10.8 Å². The Balaban J connectivity index is 2.22. The van der Waals surface area contributed by atoms with E-state index in [4.69, 9.17) is 5.73 Å². The summed E-state index contributed by atoms with van der Waals surface area (Å²) in [5, 5.41) is 10.6. The van der Waals surface area contributed by atoms with E-state index in [0.29, 0.717) is 12.5 Å². The molecule has 0 aliphatic heterocycles. The van der Waals surface area contributed by atoms with Gasteiger partial charge in [0.15, 0.2) is 0 Å². The molecule has 3 N–H and O–H groups in total. The summed E-state index contributed by atoms with van der Waals surface area (Å²) in [5.74, 6) is 0.360. The van der Waals surface area contributed by atoms with Gasteiger partial charge in [-0.2, -0.15) is 0 Å². The first-order valence-electron chi connectivity index (χ1n) is 7.01. The average Bonchev–Trinajstić information content (AvgIpc) is 2.49. The highest BCUT2D eigenvalue weighted by Crippen LogP contribution is 2.30. The number of benzene rings is 1. The summed E-state index contributed by atoms with van der Waals surface area (Å²) in [4.78, 5) is 4.10. The van der Waals surface area contributed by atoms with Crippen molar-refractivity contribution in [1.29, 1.82) is 0 Å². The Morgan fingerprint density at radius 3 is 2.20 bits per heavy atom. The molecule has 0 bridgehead atoms. The van der Waals surface area contributed by atoms with Crippen LogP contribution < -0.4 is 5.73 Å². The molecule has 2 rings (SSSR count). The van der Waals surface area contributed by atoms with E-state index in [-0.39, 0.29) is 5.92 Å². The Morgan fingerprint density at radius 1 is 1.05 bits per heavy atom. The van der Waals surface area contributed by atoms with E-state index in [2.05, 4.69) is 31.0 Å². The summed E-state index contributed by atoms with van der Waals surface area (Å²) in [6.07, 6.45) is 2.88. The molecule has 2 aromatic rings. The van der Waals surface area contributed by atoms with Gasteiger partial charge in [-0.3, -0.25) is 4.98 Å². The molecular weight excluding hydrogens is 248 g/mol. The monoisotopic (exact) mass is 270 g/mol. The second-order valence-corrected chi connectivity index (χ2v) is 5.39. The highest BCUT2D eigenvalue weighted by Gasteiger charge is 2.21. The van der Waals surface area contributed by atoms with Crippen LogP contribution in [0.3, 0.4) is 0 Å². The Kier molecular flexibility index (Phi) is 4.88. The van der Waals surface area contributed by atoms with E-state index in [1.807, 2.05) is 24.3 Å². The Hall–Kier alpha value is -1.71. The first-order valence-corrected chi connectivity index (χ1v) is 7.01. The molecule has 0 fully saturated rings. The average molecular weight is 270 g/mol. The smallest absolute Gasteiger partial charge is 0.0871 e. The van der Waals surface area contributed by atoms with Gasteiger partial charge in [0, 0.05) is 24.9 Å². The molecule has 0 aliphatic rings. The van der Waals surface area contributed by atoms with E-state index in [1.54, 1.807) is 12.4 Å². The number of hydrogen-bond acceptors (Lipinski definition) is 3. The molecule has 2 atom stereocenters. The maximum absolute atomic E-state index is 10.6. The SMILES string of the molecule is CC(C)c1ccc(C(O)C(CN)c2cccnc2)cc1. The number of aliphatic hydroxyl groups is 1. The molecule has 3 nitrogen and oxygen atoms in total. The molecule has 20 heavy (non-hydrogen) atoms. The lowest BCUT2D eigenvalue weighted by Crippen LogP contribution is -2.20. The molecule has 0 radical (unpaired) electrons. The van der Waals surface area contributed by atoms with Crippen LogP contribution in [0.4, 0.5) is 0 Å². The van der Waals surface area contributed by atoms with Gasteiger partial charge in [0.2, 0.25) is 0 Å². The van der Waals surface area contributed by atoms with Crippen LogP contribution in [0.1, 0.15) is 48.5 Å². The van der Waals surface area contributed by atoms with Crippen LogP contribution in [-0.2, 0) is 0 Å². The predicted octanol–water partition coefficient (Wildman–Crippen LogP) is 2.98. The Bertz CT molecular complexity index is 522. The van der Waals surface area contributed by atoms with Crippen molar-refractivity contribution >= 4 is 0 Å². The number of pyridine rings is 1. The largest absolute Gasteiger partial charge is 0.388 e. The van der Waals surface area contributed by atoms with Crippen molar-refractivity contribution in [1.82, 2.24) is 4.98 Å². The number of aliphatic hydroxyl groups excluding tert-OH is 1. The maximum atomic E-state index is 10.6. The fourth-order valence-corrected chi connectivity index (χ4v) is 2.35. The lowest BCUT2D eigenvalue weighted by Gasteiger charge is -2.22. The molecule has 0 saturated heterocycles. The van der Waals surface area contributed by atoms with Gasteiger partial charge in [0.05, 0.1) is 6.10 Å². The first kappa shape index (κ1) is 14.7.